The number of esters is 1. The van der Waals surface area contributed by atoms with Gasteiger partial charge >= 0.3 is 12.0 Å². The number of nitrogens with one attached hydrogen (secondary N) is 2. The average molecular weight is 376 g/mol. The smallest absolute Gasteiger partial charge is 0.338 e. The van der Waals surface area contributed by atoms with Crippen LogP contribution in [0, 0.1) is 5.92 Å². The van der Waals surface area contributed by atoms with Gasteiger partial charge in [-0.05, 0) is 37.0 Å². The van der Waals surface area contributed by atoms with Crippen molar-refractivity contribution >= 4 is 12.0 Å². The Bertz CT molecular complexity index is 727. The van der Waals surface area contributed by atoms with E-state index in [1.165, 1.54) is 0 Å². The van der Waals surface area contributed by atoms with Crippen molar-refractivity contribution in [2.75, 3.05) is 20.3 Å². The first kappa shape index (κ1) is 20.6. The molecule has 0 saturated heterocycles. The molecule has 27 heavy (non-hydrogen) atoms. The summed E-state index contributed by atoms with van der Waals surface area (Å²) in [5.74, 6) is 0.660. The van der Waals surface area contributed by atoms with E-state index in [1.54, 1.807) is 26.2 Å². The highest BCUT2D eigenvalue weighted by atomic mass is 16.5. The molecule has 1 aliphatic heterocycles. The molecule has 7 heteroatoms. The molecule has 0 saturated carbocycles. The van der Waals surface area contributed by atoms with E-state index >= 15 is 0 Å². The highest BCUT2D eigenvalue weighted by Gasteiger charge is 2.35. The summed E-state index contributed by atoms with van der Waals surface area (Å²) in [4.78, 5) is 24.8. The normalized spacial score (nSPS) is 16.7. The second-order valence-corrected chi connectivity index (χ2v) is 6.49. The van der Waals surface area contributed by atoms with Gasteiger partial charge < -0.3 is 24.8 Å². The summed E-state index contributed by atoms with van der Waals surface area (Å²) >= 11 is 0. The molecule has 2 amide bonds. The number of carbonyl (C=O) groups excluding carboxylic acids is 2. The minimum absolute atomic E-state index is 0.0491. The summed E-state index contributed by atoms with van der Waals surface area (Å²) in [5, 5.41) is 5.56. The van der Waals surface area contributed by atoms with Gasteiger partial charge in [0.05, 0.1) is 31.9 Å². The van der Waals surface area contributed by atoms with Crippen LogP contribution < -0.4 is 20.1 Å². The second kappa shape index (κ2) is 9.30. The van der Waals surface area contributed by atoms with E-state index in [4.69, 9.17) is 14.2 Å². The fourth-order valence-corrected chi connectivity index (χ4v) is 2.92. The Labute approximate surface area is 160 Å². The van der Waals surface area contributed by atoms with Crippen molar-refractivity contribution in [1.29, 1.82) is 0 Å². The number of benzene rings is 1. The van der Waals surface area contributed by atoms with E-state index in [-0.39, 0.29) is 18.6 Å². The van der Waals surface area contributed by atoms with Gasteiger partial charge in [-0.25, -0.2) is 9.59 Å². The molecule has 0 aromatic heterocycles. The molecule has 1 aromatic rings. The molecule has 1 atom stereocenters. The van der Waals surface area contributed by atoms with Crippen LogP contribution in [0.4, 0.5) is 4.79 Å². The summed E-state index contributed by atoms with van der Waals surface area (Å²) in [6.07, 6.45) is 0.878. The van der Waals surface area contributed by atoms with Gasteiger partial charge in [0.2, 0.25) is 0 Å². The Morgan fingerprint density at radius 2 is 1.96 bits per heavy atom. The van der Waals surface area contributed by atoms with Gasteiger partial charge in [-0.1, -0.05) is 26.8 Å². The minimum Gasteiger partial charge on any atom is -0.493 e. The maximum Gasteiger partial charge on any atom is 0.338 e. The lowest BCUT2D eigenvalue weighted by Crippen LogP contribution is -2.47. The zero-order chi connectivity index (χ0) is 20.0. The van der Waals surface area contributed by atoms with Gasteiger partial charge in [0, 0.05) is 5.70 Å². The van der Waals surface area contributed by atoms with Crippen LogP contribution in [-0.2, 0) is 9.53 Å². The Morgan fingerprint density at radius 3 is 2.56 bits per heavy atom. The maximum absolute atomic E-state index is 12.6. The third kappa shape index (κ3) is 4.72. The van der Waals surface area contributed by atoms with Crippen LogP contribution in [0.25, 0.3) is 0 Å². The topological polar surface area (TPSA) is 85.9 Å². The lowest BCUT2D eigenvalue weighted by Gasteiger charge is -2.31. The number of carbonyl (C=O) groups is 2. The number of allylic oxidation sites excluding steroid dienone is 1. The third-order valence-corrected chi connectivity index (χ3v) is 4.16. The Morgan fingerprint density at radius 1 is 1.22 bits per heavy atom. The van der Waals surface area contributed by atoms with Crippen molar-refractivity contribution in [3.05, 3.63) is 35.0 Å². The van der Waals surface area contributed by atoms with Crippen molar-refractivity contribution < 1.29 is 23.8 Å². The third-order valence-electron chi connectivity index (χ3n) is 4.16. The molecule has 0 fully saturated rings. The number of rotatable bonds is 8. The van der Waals surface area contributed by atoms with Crippen molar-refractivity contribution in [3.8, 4) is 11.5 Å². The Hall–Kier alpha value is -2.70. The van der Waals surface area contributed by atoms with E-state index < -0.39 is 12.0 Å². The van der Waals surface area contributed by atoms with Gasteiger partial charge in [0.15, 0.2) is 11.5 Å². The van der Waals surface area contributed by atoms with Crippen LogP contribution in [-0.4, -0.2) is 32.3 Å². The lowest BCUT2D eigenvalue weighted by molar-refractivity contribution is -0.139. The first-order chi connectivity index (χ1) is 12.9. The van der Waals surface area contributed by atoms with Gasteiger partial charge in [-0.15, -0.1) is 0 Å². The molecule has 1 aromatic carbocycles. The summed E-state index contributed by atoms with van der Waals surface area (Å²) in [7, 11) is 1.56. The first-order valence-corrected chi connectivity index (χ1v) is 9.22. The minimum atomic E-state index is -0.635. The standard InChI is InChI=1S/C20H28N2O5/c1-6-10-27-14-9-8-13(11-15(14)25-5)18-16(19(23)26-7-2)17(12(3)4)21-20(24)22-18/h8-9,11-12,18H,6-7,10H2,1-5H3,(H2,21,22,24). The number of amides is 2. The van der Waals surface area contributed by atoms with Gasteiger partial charge in [-0.3, -0.25) is 0 Å². The summed E-state index contributed by atoms with van der Waals surface area (Å²) in [5.41, 5.74) is 1.68. The number of urea groups is 1. The van der Waals surface area contributed by atoms with Crippen LogP contribution in [0.3, 0.4) is 0 Å². The lowest BCUT2D eigenvalue weighted by atomic mass is 9.91. The summed E-state index contributed by atoms with van der Waals surface area (Å²) in [6, 6.07) is 4.39. The molecule has 1 heterocycles. The van der Waals surface area contributed by atoms with E-state index in [0.29, 0.717) is 34.9 Å². The molecule has 0 bridgehead atoms. The number of hydrogen-bond donors (Lipinski definition) is 2. The molecule has 148 valence electrons. The highest BCUT2D eigenvalue weighted by Crippen LogP contribution is 2.35. The van der Waals surface area contributed by atoms with Crippen molar-refractivity contribution in [2.24, 2.45) is 5.92 Å². The molecule has 1 unspecified atom stereocenters. The van der Waals surface area contributed by atoms with Gasteiger partial charge in [-0.2, -0.15) is 0 Å². The number of ether oxygens (including phenoxy) is 3. The van der Waals surface area contributed by atoms with Crippen LogP contribution in [0.15, 0.2) is 29.5 Å². The molecular weight excluding hydrogens is 348 g/mol. The second-order valence-electron chi connectivity index (χ2n) is 6.49. The van der Waals surface area contributed by atoms with E-state index in [1.807, 2.05) is 26.8 Å². The van der Waals surface area contributed by atoms with Gasteiger partial charge in [0.1, 0.15) is 0 Å². The quantitative estimate of drug-likeness (QED) is 0.680. The van der Waals surface area contributed by atoms with Crippen LogP contribution in [0.2, 0.25) is 0 Å². The largest absolute Gasteiger partial charge is 0.493 e. The SMILES string of the molecule is CCCOc1ccc(C2NC(=O)NC(C(C)C)=C2C(=O)OCC)cc1OC. The van der Waals surface area contributed by atoms with E-state index in [0.717, 1.165) is 6.42 Å². The van der Waals surface area contributed by atoms with Gasteiger partial charge in [0.25, 0.3) is 0 Å². The summed E-state index contributed by atoms with van der Waals surface area (Å²) in [6.45, 7) is 8.43. The van der Waals surface area contributed by atoms with Crippen molar-refractivity contribution in [3.63, 3.8) is 0 Å². The molecular formula is C20H28N2O5. The molecule has 1 aliphatic rings. The van der Waals surface area contributed by atoms with Crippen molar-refractivity contribution in [2.45, 2.75) is 40.2 Å². The fourth-order valence-electron chi connectivity index (χ4n) is 2.92. The zero-order valence-corrected chi connectivity index (χ0v) is 16.5. The predicted octanol–water partition coefficient (Wildman–Crippen LogP) is 3.31. The average Bonchev–Trinajstić information content (AvgIpc) is 2.65. The Kier molecular flexibility index (Phi) is 7.10. The van der Waals surface area contributed by atoms with Crippen molar-refractivity contribution in [1.82, 2.24) is 10.6 Å². The Balaban J connectivity index is 2.51. The molecule has 0 radical (unpaired) electrons. The molecule has 0 spiro atoms. The summed E-state index contributed by atoms with van der Waals surface area (Å²) < 4.78 is 16.4. The number of methoxy groups -OCH3 is 1. The first-order valence-electron chi connectivity index (χ1n) is 9.22. The fraction of sp³-hybridized carbons (Fsp3) is 0.500. The zero-order valence-electron chi connectivity index (χ0n) is 16.5. The van der Waals surface area contributed by atoms with Crippen LogP contribution in [0.1, 0.15) is 45.7 Å². The predicted molar refractivity (Wildman–Crippen MR) is 102 cm³/mol. The van der Waals surface area contributed by atoms with E-state index in [2.05, 4.69) is 10.6 Å². The highest BCUT2D eigenvalue weighted by molar-refractivity contribution is 5.95. The molecule has 2 N–H and O–H groups in total. The van der Waals surface area contributed by atoms with E-state index in [9.17, 15) is 9.59 Å². The maximum atomic E-state index is 12.6. The molecule has 0 aliphatic carbocycles. The monoisotopic (exact) mass is 376 g/mol. The van der Waals surface area contributed by atoms with Crippen LogP contribution >= 0.6 is 0 Å². The molecule has 2 rings (SSSR count). The molecule has 7 nitrogen and oxygen atoms in total. The van der Waals surface area contributed by atoms with Crippen LogP contribution in [0.5, 0.6) is 11.5 Å². The number of hydrogen-bond acceptors (Lipinski definition) is 5.